The van der Waals surface area contributed by atoms with Crippen LogP contribution in [0.4, 0.5) is 5.69 Å². The third kappa shape index (κ3) is 8.87. The number of hydrogen-bond acceptors (Lipinski definition) is 7. The number of carbonyl (C=O) groups is 1. The van der Waals surface area contributed by atoms with Crippen molar-refractivity contribution in [1.82, 2.24) is 9.62 Å². The molecule has 228 valence electrons. The Bertz CT molecular complexity index is 1640. The Morgan fingerprint density at radius 3 is 2.37 bits per heavy atom. The maximum absolute atomic E-state index is 13.4. The second-order valence-electron chi connectivity index (χ2n) is 11.3. The summed E-state index contributed by atoms with van der Waals surface area (Å²) in [5, 5.41) is 19.6. The van der Waals surface area contributed by atoms with Crippen LogP contribution in [0.3, 0.4) is 0 Å². The molecule has 0 fully saturated rings. The lowest BCUT2D eigenvalue weighted by atomic mass is 9.93. The number of esters is 1. The van der Waals surface area contributed by atoms with Gasteiger partial charge in [0.1, 0.15) is 6.54 Å². The number of hydrogen-bond donors (Lipinski definition) is 3. The molecule has 3 N–H and O–H groups in total. The number of sulfonamides is 1. The van der Waals surface area contributed by atoms with Crippen LogP contribution in [0.15, 0.2) is 95.9 Å². The van der Waals surface area contributed by atoms with Crippen LogP contribution in [-0.2, 0) is 26.0 Å². The summed E-state index contributed by atoms with van der Waals surface area (Å²) >= 11 is 0. The average Bonchev–Trinajstić information content (AvgIpc) is 2.99. The molecule has 0 amide bonds. The summed E-state index contributed by atoms with van der Waals surface area (Å²) in [6.07, 6.45) is -0.137. The van der Waals surface area contributed by atoms with Crippen LogP contribution in [-0.4, -0.2) is 68.7 Å². The molecule has 9 heteroatoms. The summed E-state index contributed by atoms with van der Waals surface area (Å²) in [6, 6.07) is 28.8. The summed E-state index contributed by atoms with van der Waals surface area (Å²) in [6.45, 7) is 6.50. The first-order valence-corrected chi connectivity index (χ1v) is 15.9. The Balaban J connectivity index is 1.33. The number of β-amino-alcohol motifs (C(OH)–C–C–N with tert-alkyl or cyclic N) is 1. The molecule has 0 aliphatic carbocycles. The summed E-state index contributed by atoms with van der Waals surface area (Å²) in [4.78, 5) is 11.7. The van der Waals surface area contributed by atoms with Gasteiger partial charge in [0, 0.05) is 31.4 Å². The average molecular weight is 604 g/mol. The first kappa shape index (κ1) is 32.2. The predicted molar refractivity (Wildman–Crippen MR) is 173 cm³/mol. The second-order valence-corrected chi connectivity index (χ2v) is 13.4. The van der Waals surface area contributed by atoms with E-state index >= 15 is 0 Å². The van der Waals surface area contributed by atoms with E-state index in [4.69, 9.17) is 4.74 Å². The van der Waals surface area contributed by atoms with Gasteiger partial charge in [-0.25, -0.2) is 8.42 Å². The Hall–Kier alpha value is -3.76. The van der Waals surface area contributed by atoms with Crippen molar-refractivity contribution in [2.24, 2.45) is 0 Å². The zero-order valence-corrected chi connectivity index (χ0v) is 26.0. The fraction of sp³-hybridized carbons (Fsp3) is 0.324. The lowest BCUT2D eigenvalue weighted by molar-refractivity contribution is -0.140. The van der Waals surface area contributed by atoms with Crippen molar-refractivity contribution in [3.63, 3.8) is 0 Å². The third-order valence-corrected chi connectivity index (χ3v) is 9.07. The highest BCUT2D eigenvalue weighted by atomic mass is 32.2. The molecule has 0 bridgehead atoms. The first-order chi connectivity index (χ1) is 20.5. The number of fused-ring (bicyclic) bond motifs is 1. The molecule has 4 aromatic carbocycles. The number of benzene rings is 4. The van der Waals surface area contributed by atoms with Gasteiger partial charge in [0.15, 0.2) is 0 Å². The predicted octanol–water partition coefficient (Wildman–Crippen LogP) is 5.07. The number of nitrogens with zero attached hydrogens (tertiary/aromatic N) is 1. The van der Waals surface area contributed by atoms with Crippen LogP contribution >= 0.6 is 0 Å². The van der Waals surface area contributed by atoms with Crippen LogP contribution in [0.5, 0.6) is 0 Å². The number of rotatable bonds is 14. The monoisotopic (exact) mass is 603 g/mol. The second kappa shape index (κ2) is 14.1. The van der Waals surface area contributed by atoms with Crippen molar-refractivity contribution in [2.75, 3.05) is 38.6 Å². The molecule has 0 radical (unpaired) electrons. The maximum Gasteiger partial charge on any atom is 0.325 e. The number of likely N-dealkylation sites (N-methyl/N-ethyl adjacent to an activating group) is 1. The molecule has 8 nitrogen and oxygen atoms in total. The number of carbonyl (C=O) groups excluding carboxylic acids is 1. The van der Waals surface area contributed by atoms with Gasteiger partial charge in [0.05, 0.1) is 17.6 Å². The molecular weight excluding hydrogens is 562 g/mol. The zero-order valence-electron chi connectivity index (χ0n) is 25.2. The SMILES string of the molecule is CCOC(=O)CNc1ccc(-c2cccc(S(=O)(=O)N(C)C[C@H](O)CNC(C)(C)Cc3ccc4ccccc4c3)c2)cc1. The van der Waals surface area contributed by atoms with Crippen LogP contribution < -0.4 is 10.6 Å². The molecule has 0 aromatic heterocycles. The van der Waals surface area contributed by atoms with E-state index < -0.39 is 16.1 Å². The fourth-order valence-corrected chi connectivity index (χ4v) is 6.21. The Kier molecular flexibility index (Phi) is 10.6. The molecule has 0 aliphatic heterocycles. The molecule has 0 saturated heterocycles. The molecule has 0 saturated carbocycles. The van der Waals surface area contributed by atoms with Gasteiger partial charge in [-0.1, -0.05) is 66.7 Å². The first-order valence-electron chi connectivity index (χ1n) is 14.4. The number of ether oxygens (including phenoxy) is 1. The molecule has 1 atom stereocenters. The van der Waals surface area contributed by atoms with Crippen molar-refractivity contribution in [3.8, 4) is 11.1 Å². The van der Waals surface area contributed by atoms with Gasteiger partial charge in [0.2, 0.25) is 10.0 Å². The molecule has 0 spiro atoms. The van der Waals surface area contributed by atoms with E-state index in [1.54, 1.807) is 25.1 Å². The van der Waals surface area contributed by atoms with Crippen LogP contribution in [0.1, 0.15) is 26.3 Å². The van der Waals surface area contributed by atoms with Gasteiger partial charge in [-0.05, 0) is 78.9 Å². The van der Waals surface area contributed by atoms with E-state index in [0.717, 1.165) is 23.2 Å². The minimum Gasteiger partial charge on any atom is -0.465 e. The minimum absolute atomic E-state index is 0.0492. The van der Waals surface area contributed by atoms with E-state index in [-0.39, 0.29) is 36.0 Å². The quantitative estimate of drug-likeness (QED) is 0.173. The number of aliphatic hydroxyl groups is 1. The summed E-state index contributed by atoms with van der Waals surface area (Å²) in [5.41, 5.74) is 3.21. The van der Waals surface area contributed by atoms with Crippen LogP contribution in [0, 0.1) is 0 Å². The van der Waals surface area contributed by atoms with E-state index in [2.05, 4.69) is 54.8 Å². The van der Waals surface area contributed by atoms with Crippen molar-refractivity contribution in [2.45, 2.75) is 43.7 Å². The fourth-order valence-electron chi connectivity index (χ4n) is 4.96. The van der Waals surface area contributed by atoms with Crippen molar-refractivity contribution in [1.29, 1.82) is 0 Å². The van der Waals surface area contributed by atoms with Gasteiger partial charge in [-0.15, -0.1) is 0 Å². The molecule has 0 aliphatic rings. The highest BCUT2D eigenvalue weighted by Gasteiger charge is 2.25. The highest BCUT2D eigenvalue weighted by Crippen LogP contribution is 2.26. The minimum atomic E-state index is -3.84. The normalized spacial score (nSPS) is 12.8. The topological polar surface area (TPSA) is 108 Å². The standard InChI is InChI=1S/C34H41N3O5S/c1-5-42-33(39)23-35-30-17-15-27(16-18-30)29-11-8-12-32(20-29)43(40,41)37(4)24-31(38)22-36-34(2,3)21-25-13-14-26-9-6-7-10-28(26)19-25/h6-20,31,35-36,38H,5,21-24H2,1-4H3/t31-/m1/s1. The lowest BCUT2D eigenvalue weighted by Gasteiger charge is -2.29. The van der Waals surface area contributed by atoms with Crippen molar-refractivity contribution in [3.05, 3.63) is 96.6 Å². The molecule has 0 unspecified atom stereocenters. The van der Waals surface area contributed by atoms with Gasteiger partial charge in [0.25, 0.3) is 0 Å². The maximum atomic E-state index is 13.4. The zero-order chi connectivity index (χ0) is 31.0. The summed E-state index contributed by atoms with van der Waals surface area (Å²) in [7, 11) is -2.36. The molecule has 4 rings (SSSR count). The number of nitrogens with one attached hydrogen (secondary N) is 2. The van der Waals surface area contributed by atoms with E-state index in [1.165, 1.54) is 27.7 Å². The molecule has 0 heterocycles. The number of aliphatic hydroxyl groups excluding tert-OH is 1. The lowest BCUT2D eigenvalue weighted by Crippen LogP contribution is -2.47. The molecular formula is C34H41N3O5S. The Morgan fingerprint density at radius 2 is 1.65 bits per heavy atom. The van der Waals surface area contributed by atoms with Crippen LogP contribution in [0.25, 0.3) is 21.9 Å². The number of anilines is 1. The van der Waals surface area contributed by atoms with Gasteiger partial charge in [-0.3, -0.25) is 4.79 Å². The Morgan fingerprint density at radius 1 is 0.930 bits per heavy atom. The van der Waals surface area contributed by atoms with E-state index in [1.807, 2.05) is 42.5 Å². The molecule has 4 aromatic rings. The van der Waals surface area contributed by atoms with Gasteiger partial charge >= 0.3 is 5.97 Å². The summed E-state index contributed by atoms with van der Waals surface area (Å²) < 4.78 is 32.9. The molecule has 43 heavy (non-hydrogen) atoms. The van der Waals surface area contributed by atoms with Gasteiger partial charge in [-0.2, -0.15) is 4.31 Å². The van der Waals surface area contributed by atoms with Crippen molar-refractivity contribution < 1.29 is 23.1 Å². The van der Waals surface area contributed by atoms with Crippen LogP contribution in [0.2, 0.25) is 0 Å². The van der Waals surface area contributed by atoms with Gasteiger partial charge < -0.3 is 20.5 Å². The smallest absolute Gasteiger partial charge is 0.325 e. The van der Waals surface area contributed by atoms with E-state index in [9.17, 15) is 18.3 Å². The largest absolute Gasteiger partial charge is 0.465 e. The third-order valence-electron chi connectivity index (χ3n) is 7.25. The van der Waals surface area contributed by atoms with E-state index in [0.29, 0.717) is 6.61 Å². The highest BCUT2D eigenvalue weighted by molar-refractivity contribution is 7.89. The Labute approximate surface area is 254 Å². The van der Waals surface area contributed by atoms with Crippen molar-refractivity contribution >= 4 is 32.5 Å². The summed E-state index contributed by atoms with van der Waals surface area (Å²) in [5.74, 6) is -0.334.